The third-order valence-electron chi connectivity index (χ3n) is 11.6. The van der Waals surface area contributed by atoms with Crippen molar-refractivity contribution in [2.45, 2.75) is 278 Å². The Balaban J connectivity index is 5.70. The van der Waals surface area contributed by atoms with Crippen LogP contribution in [0.4, 0.5) is 0 Å². The number of carbonyl (C=O) groups is 5. The maximum Gasteiger partial charge on any atom is 0.306 e. The predicted molar refractivity (Wildman–Crippen MR) is 263 cm³/mol. The minimum Gasteiger partial charge on any atom is -0.462 e. The Morgan fingerprint density at radius 1 is 0.258 bits per heavy atom. The van der Waals surface area contributed by atoms with Crippen LogP contribution in [0, 0.1) is 0 Å². The number of ether oxygens (including phenoxy) is 7. The van der Waals surface area contributed by atoms with E-state index in [1.807, 2.05) is 0 Å². The van der Waals surface area contributed by atoms with Crippen molar-refractivity contribution in [1.82, 2.24) is 0 Å². The fourth-order valence-corrected chi connectivity index (χ4v) is 7.51. The Kier molecular flexibility index (Phi) is 46.7. The van der Waals surface area contributed by atoms with E-state index in [0.29, 0.717) is 19.3 Å². The molecule has 0 aliphatic carbocycles. The van der Waals surface area contributed by atoms with Crippen LogP contribution in [-0.2, 0) is 57.1 Å². The van der Waals surface area contributed by atoms with Gasteiger partial charge in [0.05, 0.1) is 26.4 Å². The highest BCUT2D eigenvalue weighted by atomic mass is 16.6. The molecule has 12 nitrogen and oxygen atoms in total. The summed E-state index contributed by atoms with van der Waals surface area (Å²) in [5.41, 5.74) is 0. The van der Waals surface area contributed by atoms with Crippen molar-refractivity contribution in [3.63, 3.8) is 0 Å². The Labute approximate surface area is 403 Å². The largest absolute Gasteiger partial charge is 0.462 e. The van der Waals surface area contributed by atoms with Crippen LogP contribution < -0.4 is 0 Å². The van der Waals surface area contributed by atoms with E-state index in [0.717, 1.165) is 154 Å². The van der Waals surface area contributed by atoms with Crippen LogP contribution in [0.5, 0.6) is 0 Å². The van der Waals surface area contributed by atoms with Gasteiger partial charge in [-0.25, -0.2) is 0 Å². The van der Waals surface area contributed by atoms with Gasteiger partial charge in [-0.2, -0.15) is 0 Å². The predicted octanol–water partition coefficient (Wildman–Crippen LogP) is 13.6. The van der Waals surface area contributed by atoms with Gasteiger partial charge in [-0.05, 0) is 32.1 Å². The van der Waals surface area contributed by atoms with Crippen LogP contribution in [0.3, 0.4) is 0 Å². The molecule has 0 saturated carbocycles. The highest BCUT2D eigenvalue weighted by Gasteiger charge is 2.23. The van der Waals surface area contributed by atoms with Crippen LogP contribution in [0.2, 0.25) is 0 Å². The summed E-state index contributed by atoms with van der Waals surface area (Å²) in [5.74, 6) is -1.80. The standard InChI is InChI=1S/C54H100O12/c1-6-11-16-21-26-31-36-50(55)62-45-48(65-53(58)39-34-29-24-19-14-9-4)43-60-41-47(64-52(57)38-33-28-23-18-13-8-3)42-61-44-49(66-54(59)40-35-30-25-20-15-10-5)46-63-51(56)37-32-27-22-17-12-7-2/h47-49H,6-46H2,1-5H3. The third-order valence-corrected chi connectivity index (χ3v) is 11.6. The molecule has 0 aliphatic rings. The lowest BCUT2D eigenvalue weighted by molar-refractivity contribution is -0.169. The van der Waals surface area contributed by atoms with Crippen molar-refractivity contribution < 1.29 is 57.1 Å². The van der Waals surface area contributed by atoms with Crippen LogP contribution in [0.25, 0.3) is 0 Å². The number of hydrogen-bond donors (Lipinski definition) is 0. The van der Waals surface area contributed by atoms with Gasteiger partial charge in [0.1, 0.15) is 19.3 Å². The maximum atomic E-state index is 13.1. The van der Waals surface area contributed by atoms with Crippen LogP contribution >= 0.6 is 0 Å². The van der Waals surface area contributed by atoms with Crippen LogP contribution in [0.15, 0.2) is 0 Å². The molecule has 0 rings (SSSR count). The Hall–Kier alpha value is -2.73. The topological polar surface area (TPSA) is 150 Å². The molecule has 0 aromatic rings. The van der Waals surface area contributed by atoms with Crippen molar-refractivity contribution in [2.24, 2.45) is 0 Å². The van der Waals surface area contributed by atoms with E-state index >= 15 is 0 Å². The van der Waals surface area contributed by atoms with E-state index in [1.54, 1.807) is 0 Å². The molecule has 0 saturated heterocycles. The number of rotatable bonds is 50. The maximum absolute atomic E-state index is 13.1. The summed E-state index contributed by atoms with van der Waals surface area (Å²) in [7, 11) is 0. The SMILES string of the molecule is CCCCCCCCC(=O)OCC(COCC(COCC(COC(=O)CCCCCCCC)OC(=O)CCCCCCCC)OC(=O)CCCCCCCC)OC(=O)CCCCCCCC. The first kappa shape index (κ1) is 63.3. The molecule has 0 aliphatic heterocycles. The van der Waals surface area contributed by atoms with E-state index < -0.39 is 18.3 Å². The number of hydrogen-bond acceptors (Lipinski definition) is 12. The molecule has 12 heteroatoms. The first-order chi connectivity index (χ1) is 32.2. The van der Waals surface area contributed by atoms with Crippen molar-refractivity contribution in [3.05, 3.63) is 0 Å². The first-order valence-electron chi connectivity index (χ1n) is 27.2. The van der Waals surface area contributed by atoms with Crippen molar-refractivity contribution in [3.8, 4) is 0 Å². The number of esters is 5. The highest BCUT2D eigenvalue weighted by molar-refractivity contribution is 5.71. The van der Waals surface area contributed by atoms with Gasteiger partial charge in [0.25, 0.3) is 0 Å². The molecular formula is C54H100O12. The van der Waals surface area contributed by atoms with E-state index in [2.05, 4.69) is 34.6 Å². The van der Waals surface area contributed by atoms with Gasteiger partial charge >= 0.3 is 29.8 Å². The van der Waals surface area contributed by atoms with Gasteiger partial charge < -0.3 is 33.2 Å². The van der Waals surface area contributed by atoms with E-state index in [1.165, 1.54) is 32.1 Å². The molecular weight excluding hydrogens is 841 g/mol. The lowest BCUT2D eigenvalue weighted by atomic mass is 10.1. The van der Waals surface area contributed by atoms with Crippen molar-refractivity contribution in [1.29, 1.82) is 0 Å². The second kappa shape index (κ2) is 48.7. The molecule has 0 aromatic carbocycles. The summed E-state index contributed by atoms with van der Waals surface area (Å²) >= 11 is 0. The van der Waals surface area contributed by atoms with E-state index in [9.17, 15) is 24.0 Å². The first-order valence-corrected chi connectivity index (χ1v) is 27.2. The highest BCUT2D eigenvalue weighted by Crippen LogP contribution is 2.14. The summed E-state index contributed by atoms with van der Waals surface area (Å²) in [6.07, 6.45) is 30.0. The molecule has 0 spiro atoms. The Morgan fingerprint density at radius 2 is 0.455 bits per heavy atom. The molecule has 2 atom stereocenters. The van der Waals surface area contributed by atoms with Crippen LogP contribution in [-0.4, -0.2) is 87.8 Å². The molecule has 66 heavy (non-hydrogen) atoms. The summed E-state index contributed by atoms with van der Waals surface area (Å²) in [6.45, 7) is 10.3. The molecule has 0 radical (unpaired) electrons. The molecule has 0 bridgehead atoms. The lowest BCUT2D eigenvalue weighted by Gasteiger charge is -2.23. The minimum absolute atomic E-state index is 0.0743. The van der Waals surface area contributed by atoms with Gasteiger partial charge in [0.15, 0.2) is 12.2 Å². The van der Waals surface area contributed by atoms with E-state index in [-0.39, 0.29) is 88.8 Å². The molecule has 388 valence electrons. The van der Waals surface area contributed by atoms with Crippen molar-refractivity contribution >= 4 is 29.8 Å². The molecule has 0 amide bonds. The minimum atomic E-state index is -0.840. The van der Waals surface area contributed by atoms with Gasteiger partial charge in [0.2, 0.25) is 0 Å². The summed E-state index contributed by atoms with van der Waals surface area (Å²) in [4.78, 5) is 64.3. The molecule has 0 fully saturated rings. The zero-order chi connectivity index (χ0) is 48.6. The quantitative estimate of drug-likeness (QED) is 0.0324. The van der Waals surface area contributed by atoms with Gasteiger partial charge in [-0.1, -0.05) is 195 Å². The monoisotopic (exact) mass is 941 g/mol. The van der Waals surface area contributed by atoms with Crippen molar-refractivity contribution in [2.75, 3.05) is 39.6 Å². The summed E-state index contributed by atoms with van der Waals surface area (Å²) in [5, 5.41) is 0. The lowest BCUT2D eigenvalue weighted by Crippen LogP contribution is -2.35. The molecule has 0 heterocycles. The van der Waals surface area contributed by atoms with Gasteiger partial charge in [0, 0.05) is 32.1 Å². The van der Waals surface area contributed by atoms with E-state index in [4.69, 9.17) is 33.2 Å². The second-order valence-corrected chi connectivity index (χ2v) is 18.4. The summed E-state index contributed by atoms with van der Waals surface area (Å²) < 4.78 is 40.6. The number of unbranched alkanes of at least 4 members (excludes halogenated alkanes) is 25. The fraction of sp³-hybridized carbons (Fsp3) is 0.907. The normalized spacial score (nSPS) is 12.6. The molecule has 2 unspecified atom stereocenters. The Bertz CT molecular complexity index is 1070. The molecule has 0 aromatic heterocycles. The van der Waals surface area contributed by atoms with Crippen LogP contribution in [0.1, 0.15) is 259 Å². The third kappa shape index (κ3) is 43.8. The zero-order valence-corrected chi connectivity index (χ0v) is 43.1. The fourth-order valence-electron chi connectivity index (χ4n) is 7.51. The molecule has 0 N–H and O–H groups in total. The Morgan fingerprint density at radius 3 is 0.697 bits per heavy atom. The second-order valence-electron chi connectivity index (χ2n) is 18.4. The number of carbonyl (C=O) groups excluding carboxylic acids is 5. The van der Waals surface area contributed by atoms with Gasteiger partial charge in [-0.3, -0.25) is 24.0 Å². The smallest absolute Gasteiger partial charge is 0.306 e. The van der Waals surface area contributed by atoms with Gasteiger partial charge in [-0.15, -0.1) is 0 Å². The average Bonchev–Trinajstić information content (AvgIpc) is 3.30. The zero-order valence-electron chi connectivity index (χ0n) is 43.1. The summed E-state index contributed by atoms with van der Waals surface area (Å²) in [6, 6.07) is 0. The average molecular weight is 941 g/mol.